The van der Waals surface area contributed by atoms with Crippen molar-refractivity contribution < 1.29 is 9.31 Å². The van der Waals surface area contributed by atoms with Gasteiger partial charge in [-0.15, -0.1) is 0 Å². The highest BCUT2D eigenvalue weighted by Gasteiger charge is 2.16. The normalized spacial score (nSPS) is 10.9. The van der Waals surface area contributed by atoms with Crippen LogP contribution in [-0.4, -0.2) is 14.7 Å². The Kier molecular flexibility index (Phi) is 4.21. The Bertz CT molecular complexity index is 667. The summed E-state index contributed by atoms with van der Waals surface area (Å²) < 4.78 is 14.8. The molecule has 0 aliphatic carbocycles. The highest BCUT2D eigenvalue weighted by Crippen LogP contribution is 2.26. The van der Waals surface area contributed by atoms with Crippen LogP contribution in [0.4, 0.5) is 15.8 Å². The van der Waals surface area contributed by atoms with E-state index in [1.165, 1.54) is 12.1 Å². The quantitative estimate of drug-likeness (QED) is 0.678. The first-order chi connectivity index (χ1) is 9.88. The maximum atomic E-state index is 13.1. The number of nitro benzene ring substituents is 1. The summed E-state index contributed by atoms with van der Waals surface area (Å²) in [6, 6.07) is 3.48. The van der Waals surface area contributed by atoms with Crippen molar-refractivity contribution >= 4 is 11.4 Å². The molecule has 0 saturated heterocycles. The van der Waals surface area contributed by atoms with Crippen LogP contribution in [-0.2, 0) is 13.6 Å². The van der Waals surface area contributed by atoms with Gasteiger partial charge in [-0.3, -0.25) is 14.8 Å². The lowest BCUT2D eigenvalue weighted by atomic mass is 10.1. The lowest BCUT2D eigenvalue weighted by molar-refractivity contribution is -0.384. The van der Waals surface area contributed by atoms with Crippen LogP contribution in [0.1, 0.15) is 31.0 Å². The van der Waals surface area contributed by atoms with Gasteiger partial charge in [0.2, 0.25) is 0 Å². The summed E-state index contributed by atoms with van der Waals surface area (Å²) in [5.41, 5.74) is 1.92. The third kappa shape index (κ3) is 3.36. The molecule has 0 unspecified atom stereocenters. The third-order valence-corrected chi connectivity index (χ3v) is 3.11. The molecule has 1 N–H and O–H groups in total. The monoisotopic (exact) mass is 292 g/mol. The van der Waals surface area contributed by atoms with Crippen molar-refractivity contribution in [2.45, 2.75) is 26.3 Å². The van der Waals surface area contributed by atoms with Crippen molar-refractivity contribution in [1.29, 1.82) is 0 Å². The van der Waals surface area contributed by atoms with E-state index in [2.05, 4.69) is 10.4 Å². The molecular weight excluding hydrogens is 275 g/mol. The highest BCUT2D eigenvalue weighted by molar-refractivity contribution is 5.61. The molecule has 2 aromatic rings. The van der Waals surface area contributed by atoms with Gasteiger partial charge in [0.1, 0.15) is 11.5 Å². The molecule has 112 valence electrons. The second kappa shape index (κ2) is 5.90. The average molecular weight is 292 g/mol. The molecule has 1 heterocycles. The van der Waals surface area contributed by atoms with Gasteiger partial charge in [0, 0.05) is 25.4 Å². The van der Waals surface area contributed by atoms with Gasteiger partial charge in [-0.05, 0) is 18.1 Å². The highest BCUT2D eigenvalue weighted by atomic mass is 19.1. The van der Waals surface area contributed by atoms with Crippen LogP contribution in [0.2, 0.25) is 0 Å². The minimum Gasteiger partial charge on any atom is -0.375 e. The SMILES string of the molecule is CC(C)c1nn(C)cc1CNc1ccc(F)cc1[N+](=O)[O-]. The average Bonchev–Trinajstić information content (AvgIpc) is 2.78. The molecule has 0 fully saturated rings. The second-order valence-corrected chi connectivity index (χ2v) is 5.14. The number of halogens is 1. The number of rotatable bonds is 5. The fourth-order valence-electron chi connectivity index (χ4n) is 2.17. The molecule has 6 nitrogen and oxygen atoms in total. The number of benzene rings is 1. The van der Waals surface area contributed by atoms with E-state index >= 15 is 0 Å². The molecule has 0 amide bonds. The minimum atomic E-state index is -0.628. The summed E-state index contributed by atoms with van der Waals surface area (Å²) in [4.78, 5) is 10.3. The van der Waals surface area contributed by atoms with E-state index in [-0.39, 0.29) is 11.6 Å². The molecule has 0 radical (unpaired) electrons. The van der Waals surface area contributed by atoms with Crippen molar-refractivity contribution in [3.8, 4) is 0 Å². The van der Waals surface area contributed by atoms with Gasteiger partial charge >= 0.3 is 0 Å². The summed E-state index contributed by atoms with van der Waals surface area (Å²) in [7, 11) is 1.83. The standard InChI is InChI=1S/C14H17FN4O2/c1-9(2)14-10(8-18(3)17-14)7-16-12-5-4-11(15)6-13(12)19(20)21/h4-6,8-9,16H,7H2,1-3H3. The summed E-state index contributed by atoms with van der Waals surface area (Å²) in [6.07, 6.45) is 1.87. The number of aryl methyl sites for hydroxylation is 1. The Labute approximate surface area is 121 Å². The lowest BCUT2D eigenvalue weighted by Gasteiger charge is -2.08. The molecule has 0 atom stereocenters. The number of anilines is 1. The zero-order valence-corrected chi connectivity index (χ0v) is 12.1. The van der Waals surface area contributed by atoms with Crippen molar-refractivity contribution in [3.63, 3.8) is 0 Å². The molecule has 0 spiro atoms. The zero-order chi connectivity index (χ0) is 15.6. The predicted molar refractivity (Wildman–Crippen MR) is 77.7 cm³/mol. The fourth-order valence-corrected chi connectivity index (χ4v) is 2.17. The molecule has 7 heteroatoms. The van der Waals surface area contributed by atoms with E-state index in [0.29, 0.717) is 12.2 Å². The summed E-state index contributed by atoms with van der Waals surface area (Å²) >= 11 is 0. The number of nitro groups is 1. The van der Waals surface area contributed by atoms with E-state index in [0.717, 1.165) is 17.3 Å². The molecular formula is C14H17FN4O2. The fraction of sp³-hybridized carbons (Fsp3) is 0.357. The van der Waals surface area contributed by atoms with Crippen LogP contribution >= 0.6 is 0 Å². The maximum absolute atomic E-state index is 13.1. The largest absolute Gasteiger partial charge is 0.375 e. The summed E-state index contributed by atoms with van der Waals surface area (Å²) in [5.74, 6) is -0.372. The van der Waals surface area contributed by atoms with Crippen LogP contribution in [0.3, 0.4) is 0 Å². The third-order valence-electron chi connectivity index (χ3n) is 3.11. The Hall–Kier alpha value is -2.44. The topological polar surface area (TPSA) is 73.0 Å². The Morgan fingerprint density at radius 1 is 1.48 bits per heavy atom. The first kappa shape index (κ1) is 15.0. The number of hydrogen-bond donors (Lipinski definition) is 1. The number of nitrogens with one attached hydrogen (secondary N) is 1. The van der Waals surface area contributed by atoms with Crippen LogP contribution in [0.25, 0.3) is 0 Å². The van der Waals surface area contributed by atoms with Gasteiger partial charge in [-0.2, -0.15) is 5.10 Å². The van der Waals surface area contributed by atoms with Crippen LogP contribution in [0.15, 0.2) is 24.4 Å². The number of hydrogen-bond acceptors (Lipinski definition) is 4. The van der Waals surface area contributed by atoms with Gasteiger partial charge < -0.3 is 5.32 Å². The van der Waals surface area contributed by atoms with Crippen LogP contribution in [0, 0.1) is 15.9 Å². The van der Waals surface area contributed by atoms with E-state index in [1.54, 1.807) is 4.68 Å². The molecule has 0 aliphatic rings. The Morgan fingerprint density at radius 2 is 2.19 bits per heavy atom. The van der Waals surface area contributed by atoms with E-state index in [9.17, 15) is 14.5 Å². The molecule has 0 bridgehead atoms. The Morgan fingerprint density at radius 3 is 2.81 bits per heavy atom. The van der Waals surface area contributed by atoms with Gasteiger partial charge in [0.25, 0.3) is 5.69 Å². The molecule has 0 aliphatic heterocycles. The van der Waals surface area contributed by atoms with E-state index in [1.807, 2.05) is 27.1 Å². The molecule has 1 aromatic carbocycles. The minimum absolute atomic E-state index is 0.256. The van der Waals surface area contributed by atoms with E-state index < -0.39 is 10.7 Å². The van der Waals surface area contributed by atoms with Gasteiger partial charge in [0.05, 0.1) is 16.7 Å². The first-order valence-electron chi connectivity index (χ1n) is 6.58. The predicted octanol–water partition coefficient (Wildman–Crippen LogP) is 3.20. The lowest BCUT2D eigenvalue weighted by Crippen LogP contribution is -2.05. The van der Waals surface area contributed by atoms with Crippen molar-refractivity contribution in [2.24, 2.45) is 7.05 Å². The Balaban J connectivity index is 2.23. The maximum Gasteiger partial charge on any atom is 0.295 e. The zero-order valence-electron chi connectivity index (χ0n) is 12.1. The number of aromatic nitrogens is 2. The van der Waals surface area contributed by atoms with Crippen LogP contribution in [0.5, 0.6) is 0 Å². The molecule has 0 saturated carbocycles. The number of nitrogens with zero attached hydrogens (tertiary/aromatic N) is 3. The summed E-state index contributed by atoms with van der Waals surface area (Å²) in [5, 5.41) is 18.3. The van der Waals surface area contributed by atoms with Crippen LogP contribution < -0.4 is 5.32 Å². The second-order valence-electron chi connectivity index (χ2n) is 5.14. The smallest absolute Gasteiger partial charge is 0.295 e. The molecule has 21 heavy (non-hydrogen) atoms. The first-order valence-corrected chi connectivity index (χ1v) is 6.58. The van der Waals surface area contributed by atoms with Crippen molar-refractivity contribution in [2.75, 3.05) is 5.32 Å². The van der Waals surface area contributed by atoms with E-state index in [4.69, 9.17) is 0 Å². The van der Waals surface area contributed by atoms with Gasteiger partial charge in [-0.25, -0.2) is 4.39 Å². The van der Waals surface area contributed by atoms with Crippen molar-refractivity contribution in [3.05, 3.63) is 51.6 Å². The van der Waals surface area contributed by atoms with Crippen molar-refractivity contribution in [1.82, 2.24) is 9.78 Å². The van der Waals surface area contributed by atoms with Gasteiger partial charge in [0.15, 0.2) is 0 Å². The summed E-state index contributed by atoms with van der Waals surface area (Å²) in [6.45, 7) is 4.46. The molecule has 1 aromatic heterocycles. The van der Waals surface area contributed by atoms with Gasteiger partial charge in [-0.1, -0.05) is 13.8 Å². The molecule has 2 rings (SSSR count).